The third-order valence-electron chi connectivity index (χ3n) is 4.97. The standard InChI is InChI=1S/C20H27BrN4/c1-15-11-17(21)14-25-18(15)6-2-3-10-23-19-7-8-20(19)24-13-16-5-4-9-22-12-16/h4-5,9,11-12,14,19-20,23-24H,2-3,6-8,10,13H2,1H3. The number of rotatable bonds is 9. The van der Waals surface area contributed by atoms with Crippen LogP contribution in [0.1, 0.15) is 42.5 Å². The van der Waals surface area contributed by atoms with Crippen molar-refractivity contribution in [2.75, 3.05) is 6.54 Å². The van der Waals surface area contributed by atoms with E-state index in [2.05, 4.69) is 55.6 Å². The minimum Gasteiger partial charge on any atom is -0.312 e. The lowest BCUT2D eigenvalue weighted by Gasteiger charge is -2.38. The molecule has 0 amide bonds. The van der Waals surface area contributed by atoms with Crippen molar-refractivity contribution >= 4 is 15.9 Å². The van der Waals surface area contributed by atoms with Gasteiger partial charge in [-0.15, -0.1) is 0 Å². The van der Waals surface area contributed by atoms with Gasteiger partial charge >= 0.3 is 0 Å². The van der Waals surface area contributed by atoms with Gasteiger partial charge in [-0.3, -0.25) is 9.97 Å². The fourth-order valence-electron chi connectivity index (χ4n) is 3.28. The summed E-state index contributed by atoms with van der Waals surface area (Å²) in [5.41, 5.74) is 3.76. The van der Waals surface area contributed by atoms with Crippen LogP contribution in [0.25, 0.3) is 0 Å². The Kier molecular flexibility index (Phi) is 6.96. The zero-order chi connectivity index (χ0) is 17.5. The summed E-state index contributed by atoms with van der Waals surface area (Å²) >= 11 is 3.47. The number of hydrogen-bond acceptors (Lipinski definition) is 4. The number of halogens is 1. The Labute approximate surface area is 159 Å². The Morgan fingerprint density at radius 2 is 2.00 bits per heavy atom. The molecule has 134 valence electrons. The van der Waals surface area contributed by atoms with Gasteiger partial charge in [0, 0.05) is 47.4 Å². The Hall–Kier alpha value is -1.30. The van der Waals surface area contributed by atoms with Crippen molar-refractivity contribution in [1.82, 2.24) is 20.6 Å². The van der Waals surface area contributed by atoms with Gasteiger partial charge in [-0.2, -0.15) is 0 Å². The lowest BCUT2D eigenvalue weighted by molar-refractivity contribution is 0.237. The summed E-state index contributed by atoms with van der Waals surface area (Å²) in [5.74, 6) is 0. The molecule has 2 aromatic rings. The van der Waals surface area contributed by atoms with E-state index in [-0.39, 0.29) is 0 Å². The Balaban J connectivity index is 1.30. The molecule has 1 aliphatic carbocycles. The first kappa shape index (κ1) is 18.5. The number of hydrogen-bond donors (Lipinski definition) is 2. The maximum atomic E-state index is 4.52. The van der Waals surface area contributed by atoms with E-state index in [1.807, 2.05) is 24.7 Å². The molecule has 0 aliphatic heterocycles. The second-order valence-corrected chi connectivity index (χ2v) is 7.78. The number of aryl methyl sites for hydroxylation is 2. The Bertz CT molecular complexity index is 662. The maximum Gasteiger partial charge on any atom is 0.0433 e. The first-order valence-corrected chi connectivity index (χ1v) is 9.98. The van der Waals surface area contributed by atoms with Crippen molar-refractivity contribution < 1.29 is 0 Å². The van der Waals surface area contributed by atoms with Gasteiger partial charge in [0.25, 0.3) is 0 Å². The van der Waals surface area contributed by atoms with E-state index < -0.39 is 0 Å². The van der Waals surface area contributed by atoms with Gasteiger partial charge in [0.2, 0.25) is 0 Å². The maximum absolute atomic E-state index is 4.52. The van der Waals surface area contributed by atoms with E-state index in [9.17, 15) is 0 Å². The highest BCUT2D eigenvalue weighted by molar-refractivity contribution is 9.10. The van der Waals surface area contributed by atoms with Gasteiger partial charge in [-0.05, 0) is 84.8 Å². The van der Waals surface area contributed by atoms with Crippen molar-refractivity contribution in [1.29, 1.82) is 0 Å². The number of nitrogens with one attached hydrogen (secondary N) is 2. The van der Waals surface area contributed by atoms with Crippen LogP contribution >= 0.6 is 15.9 Å². The van der Waals surface area contributed by atoms with Gasteiger partial charge in [0.05, 0.1) is 0 Å². The van der Waals surface area contributed by atoms with Crippen LogP contribution < -0.4 is 10.6 Å². The summed E-state index contributed by atoms with van der Waals surface area (Å²) in [4.78, 5) is 8.69. The van der Waals surface area contributed by atoms with Crippen molar-refractivity contribution in [2.45, 2.75) is 57.7 Å². The Morgan fingerprint density at radius 3 is 2.72 bits per heavy atom. The smallest absolute Gasteiger partial charge is 0.0433 e. The first-order valence-electron chi connectivity index (χ1n) is 9.19. The predicted molar refractivity (Wildman–Crippen MR) is 106 cm³/mol. The van der Waals surface area contributed by atoms with Gasteiger partial charge in [-0.25, -0.2) is 0 Å². The number of unbranched alkanes of at least 4 members (excludes halogenated alkanes) is 1. The Morgan fingerprint density at radius 1 is 1.16 bits per heavy atom. The molecular weight excluding hydrogens is 376 g/mol. The van der Waals surface area contributed by atoms with E-state index in [4.69, 9.17) is 0 Å². The van der Waals surface area contributed by atoms with Crippen molar-refractivity contribution in [3.8, 4) is 0 Å². The van der Waals surface area contributed by atoms with Crippen LogP contribution in [0.2, 0.25) is 0 Å². The van der Waals surface area contributed by atoms with Crippen LogP contribution in [-0.2, 0) is 13.0 Å². The minimum absolute atomic E-state index is 0.593. The highest BCUT2D eigenvalue weighted by Crippen LogP contribution is 2.20. The molecule has 2 atom stereocenters. The first-order chi connectivity index (χ1) is 12.2. The molecule has 5 heteroatoms. The largest absolute Gasteiger partial charge is 0.312 e. The van der Waals surface area contributed by atoms with Crippen molar-refractivity contribution in [2.24, 2.45) is 0 Å². The monoisotopic (exact) mass is 402 g/mol. The zero-order valence-corrected chi connectivity index (χ0v) is 16.4. The number of pyridine rings is 2. The fraction of sp³-hybridized carbons (Fsp3) is 0.500. The number of nitrogens with zero attached hydrogens (tertiary/aromatic N) is 2. The molecule has 0 bridgehead atoms. The van der Waals surface area contributed by atoms with E-state index in [1.54, 1.807) is 0 Å². The SMILES string of the molecule is Cc1cc(Br)cnc1CCCCNC1CCC1NCc1cccnc1. The third-order valence-corrected chi connectivity index (χ3v) is 5.40. The van der Waals surface area contributed by atoms with Gasteiger partial charge in [0.15, 0.2) is 0 Å². The molecular formula is C20H27BrN4. The van der Waals surface area contributed by atoms with Gasteiger partial charge in [0.1, 0.15) is 0 Å². The average Bonchev–Trinajstić information content (AvgIpc) is 2.59. The lowest BCUT2D eigenvalue weighted by Crippen LogP contribution is -2.55. The highest BCUT2D eigenvalue weighted by atomic mass is 79.9. The summed E-state index contributed by atoms with van der Waals surface area (Å²) in [6.07, 6.45) is 11.6. The van der Waals surface area contributed by atoms with Crippen LogP contribution in [0.4, 0.5) is 0 Å². The van der Waals surface area contributed by atoms with Crippen LogP contribution in [0.3, 0.4) is 0 Å². The molecule has 3 rings (SSSR count). The van der Waals surface area contributed by atoms with E-state index in [0.29, 0.717) is 12.1 Å². The van der Waals surface area contributed by atoms with Gasteiger partial charge < -0.3 is 10.6 Å². The molecule has 25 heavy (non-hydrogen) atoms. The second-order valence-electron chi connectivity index (χ2n) is 6.86. The molecule has 2 heterocycles. The lowest BCUT2D eigenvalue weighted by atomic mass is 9.86. The molecule has 4 nitrogen and oxygen atoms in total. The van der Waals surface area contributed by atoms with Crippen molar-refractivity contribution in [3.63, 3.8) is 0 Å². The zero-order valence-electron chi connectivity index (χ0n) is 14.8. The fourth-order valence-corrected chi connectivity index (χ4v) is 3.72. The molecule has 0 aromatic carbocycles. The van der Waals surface area contributed by atoms with Crippen LogP contribution in [-0.4, -0.2) is 28.6 Å². The quantitative estimate of drug-likeness (QED) is 0.626. The molecule has 0 radical (unpaired) electrons. The number of aromatic nitrogens is 2. The molecule has 1 aliphatic rings. The summed E-state index contributed by atoms with van der Waals surface area (Å²) in [5, 5.41) is 7.36. The molecule has 0 saturated heterocycles. The summed E-state index contributed by atoms with van der Waals surface area (Å²) < 4.78 is 1.06. The van der Waals surface area contributed by atoms with Crippen LogP contribution in [0, 0.1) is 6.92 Å². The average molecular weight is 403 g/mol. The normalized spacial score (nSPS) is 19.6. The molecule has 2 unspecified atom stereocenters. The topological polar surface area (TPSA) is 49.8 Å². The van der Waals surface area contributed by atoms with E-state index in [1.165, 1.54) is 42.5 Å². The molecule has 2 N–H and O–H groups in total. The molecule has 1 fully saturated rings. The van der Waals surface area contributed by atoms with Crippen LogP contribution in [0.5, 0.6) is 0 Å². The van der Waals surface area contributed by atoms with Crippen LogP contribution in [0.15, 0.2) is 41.3 Å². The highest BCUT2D eigenvalue weighted by Gasteiger charge is 2.29. The molecule has 0 spiro atoms. The predicted octanol–water partition coefficient (Wildman–Crippen LogP) is 3.78. The third kappa shape index (κ3) is 5.59. The molecule has 1 saturated carbocycles. The van der Waals surface area contributed by atoms with Gasteiger partial charge in [-0.1, -0.05) is 6.07 Å². The second kappa shape index (κ2) is 9.41. The minimum atomic E-state index is 0.593. The summed E-state index contributed by atoms with van der Waals surface area (Å²) in [7, 11) is 0. The van der Waals surface area contributed by atoms with E-state index in [0.717, 1.165) is 24.0 Å². The van der Waals surface area contributed by atoms with Crippen molar-refractivity contribution in [3.05, 3.63) is 58.1 Å². The van der Waals surface area contributed by atoms with E-state index >= 15 is 0 Å². The summed E-state index contributed by atoms with van der Waals surface area (Å²) in [6.45, 7) is 4.13. The molecule has 2 aromatic heterocycles. The summed E-state index contributed by atoms with van der Waals surface area (Å²) in [6, 6.07) is 7.47.